The summed E-state index contributed by atoms with van der Waals surface area (Å²) >= 11 is 0. The van der Waals surface area contributed by atoms with Gasteiger partial charge in [0.05, 0.1) is 0 Å². The predicted molar refractivity (Wildman–Crippen MR) is 76.8 cm³/mol. The Labute approximate surface area is 113 Å². The first-order valence-corrected chi connectivity index (χ1v) is 8.37. The number of nitrogens with one attached hydrogen (secondary N) is 1. The molecule has 3 aliphatic rings. The highest BCUT2D eigenvalue weighted by molar-refractivity contribution is 4.91. The van der Waals surface area contributed by atoms with Crippen LogP contribution in [-0.2, 0) is 0 Å². The monoisotopic (exact) mass is 250 g/mol. The van der Waals surface area contributed by atoms with Crippen LogP contribution in [0.15, 0.2) is 0 Å². The van der Waals surface area contributed by atoms with E-state index < -0.39 is 0 Å². The van der Waals surface area contributed by atoms with Crippen LogP contribution in [0.1, 0.15) is 64.7 Å². The van der Waals surface area contributed by atoms with E-state index in [4.69, 9.17) is 0 Å². The summed E-state index contributed by atoms with van der Waals surface area (Å²) in [5, 5.41) is 3.85. The Morgan fingerprint density at radius 1 is 0.944 bits per heavy atom. The fraction of sp³-hybridized carbons (Fsp3) is 1.00. The molecule has 0 bridgehead atoms. The summed E-state index contributed by atoms with van der Waals surface area (Å²) in [6.07, 6.45) is 13.0. The quantitative estimate of drug-likeness (QED) is 0.824. The normalized spacial score (nSPS) is 38.8. The minimum Gasteiger partial charge on any atom is -0.310 e. The maximum absolute atomic E-state index is 3.85. The summed E-state index contributed by atoms with van der Waals surface area (Å²) in [6, 6.07) is 2.58. The van der Waals surface area contributed by atoms with E-state index in [-0.39, 0.29) is 0 Å². The fourth-order valence-electron chi connectivity index (χ4n) is 4.17. The third kappa shape index (κ3) is 3.08. The summed E-state index contributed by atoms with van der Waals surface area (Å²) in [7, 11) is 0. The molecule has 0 amide bonds. The van der Waals surface area contributed by atoms with Gasteiger partial charge < -0.3 is 5.32 Å². The molecule has 2 aliphatic carbocycles. The van der Waals surface area contributed by atoms with Crippen molar-refractivity contribution in [1.29, 1.82) is 0 Å². The van der Waals surface area contributed by atoms with Crippen molar-refractivity contribution in [2.75, 3.05) is 13.1 Å². The second kappa shape index (κ2) is 5.92. The number of nitrogens with zero attached hydrogens (tertiary/aromatic N) is 1. The second-order valence-electron chi connectivity index (χ2n) is 6.80. The van der Waals surface area contributed by atoms with Gasteiger partial charge >= 0.3 is 0 Å². The average molecular weight is 250 g/mol. The maximum Gasteiger partial charge on any atom is 0.0198 e. The number of hydrogen-bond acceptors (Lipinski definition) is 2. The first-order chi connectivity index (χ1) is 8.86. The predicted octanol–water partition coefficient (Wildman–Crippen LogP) is 3.17. The Morgan fingerprint density at radius 2 is 1.78 bits per heavy atom. The van der Waals surface area contributed by atoms with Gasteiger partial charge in [-0.2, -0.15) is 0 Å². The molecule has 1 aliphatic heterocycles. The Balaban J connectivity index is 1.55. The van der Waals surface area contributed by atoms with Gasteiger partial charge in [-0.3, -0.25) is 4.90 Å². The summed E-state index contributed by atoms with van der Waals surface area (Å²) in [5.41, 5.74) is 0. The van der Waals surface area contributed by atoms with Gasteiger partial charge in [-0.1, -0.05) is 26.2 Å². The fourth-order valence-corrected chi connectivity index (χ4v) is 4.17. The zero-order valence-electron chi connectivity index (χ0n) is 12.0. The highest BCUT2D eigenvalue weighted by Crippen LogP contribution is 2.32. The lowest BCUT2D eigenvalue weighted by molar-refractivity contribution is 0.0686. The van der Waals surface area contributed by atoms with E-state index in [1.54, 1.807) is 0 Å². The molecule has 0 aromatic carbocycles. The van der Waals surface area contributed by atoms with E-state index in [1.165, 1.54) is 70.9 Å². The molecule has 1 N–H and O–H groups in total. The van der Waals surface area contributed by atoms with Crippen LogP contribution in [0.3, 0.4) is 0 Å². The number of rotatable bonds is 4. The van der Waals surface area contributed by atoms with Crippen LogP contribution in [-0.4, -0.2) is 36.1 Å². The van der Waals surface area contributed by atoms with Crippen LogP contribution in [0.4, 0.5) is 0 Å². The largest absolute Gasteiger partial charge is 0.310 e. The lowest BCUT2D eigenvalue weighted by atomic mass is 9.81. The highest BCUT2D eigenvalue weighted by Gasteiger charge is 2.33. The molecule has 3 unspecified atom stereocenters. The SMILES string of the molecule is CCC1CCCCC1N1CCCC(NC2CC2)C1. The van der Waals surface area contributed by atoms with Crippen molar-refractivity contribution in [3.05, 3.63) is 0 Å². The molecule has 1 saturated heterocycles. The van der Waals surface area contributed by atoms with E-state index in [2.05, 4.69) is 17.1 Å². The van der Waals surface area contributed by atoms with Crippen molar-refractivity contribution >= 4 is 0 Å². The van der Waals surface area contributed by atoms with E-state index in [9.17, 15) is 0 Å². The second-order valence-corrected chi connectivity index (χ2v) is 6.80. The van der Waals surface area contributed by atoms with E-state index >= 15 is 0 Å². The molecule has 2 heteroatoms. The molecule has 3 rings (SSSR count). The molecule has 2 nitrogen and oxygen atoms in total. The molecule has 2 saturated carbocycles. The van der Waals surface area contributed by atoms with E-state index in [0.29, 0.717) is 0 Å². The smallest absolute Gasteiger partial charge is 0.0198 e. The Hall–Kier alpha value is -0.0800. The topological polar surface area (TPSA) is 15.3 Å². The molecule has 104 valence electrons. The van der Waals surface area contributed by atoms with Crippen molar-refractivity contribution in [2.45, 2.75) is 82.8 Å². The Kier molecular flexibility index (Phi) is 4.25. The van der Waals surface area contributed by atoms with Gasteiger partial charge in [0.2, 0.25) is 0 Å². The molecule has 0 spiro atoms. The third-order valence-electron chi connectivity index (χ3n) is 5.36. The van der Waals surface area contributed by atoms with Crippen molar-refractivity contribution in [1.82, 2.24) is 10.2 Å². The minimum atomic E-state index is 0.797. The number of hydrogen-bond donors (Lipinski definition) is 1. The van der Waals surface area contributed by atoms with Crippen molar-refractivity contribution in [3.8, 4) is 0 Å². The van der Waals surface area contributed by atoms with Crippen molar-refractivity contribution in [3.63, 3.8) is 0 Å². The Morgan fingerprint density at radius 3 is 2.56 bits per heavy atom. The van der Waals surface area contributed by atoms with Crippen molar-refractivity contribution in [2.24, 2.45) is 5.92 Å². The van der Waals surface area contributed by atoms with Gasteiger partial charge in [-0.15, -0.1) is 0 Å². The number of likely N-dealkylation sites (tertiary alicyclic amines) is 1. The summed E-state index contributed by atoms with van der Waals surface area (Å²) < 4.78 is 0. The molecular formula is C16H30N2. The molecule has 0 radical (unpaired) electrons. The summed E-state index contributed by atoms with van der Waals surface area (Å²) in [5.74, 6) is 0.985. The zero-order valence-corrected chi connectivity index (χ0v) is 12.0. The van der Waals surface area contributed by atoms with E-state index in [0.717, 1.165) is 24.0 Å². The molecule has 1 heterocycles. The molecule has 18 heavy (non-hydrogen) atoms. The number of piperidine rings is 1. The van der Waals surface area contributed by atoms with Crippen LogP contribution in [0.2, 0.25) is 0 Å². The van der Waals surface area contributed by atoms with Gasteiger partial charge in [0, 0.05) is 24.7 Å². The van der Waals surface area contributed by atoms with Gasteiger partial charge in [0.1, 0.15) is 0 Å². The minimum absolute atomic E-state index is 0.797. The first-order valence-electron chi connectivity index (χ1n) is 8.37. The average Bonchev–Trinajstić information content (AvgIpc) is 3.23. The van der Waals surface area contributed by atoms with Crippen LogP contribution in [0, 0.1) is 5.92 Å². The lowest BCUT2D eigenvalue weighted by Gasteiger charge is -2.44. The molecule has 3 atom stereocenters. The van der Waals surface area contributed by atoms with E-state index in [1.807, 2.05) is 0 Å². The van der Waals surface area contributed by atoms with Crippen LogP contribution >= 0.6 is 0 Å². The Bertz CT molecular complexity index is 262. The first kappa shape index (κ1) is 12.9. The van der Waals surface area contributed by atoms with Gasteiger partial charge in [0.15, 0.2) is 0 Å². The molecule has 0 aromatic heterocycles. The summed E-state index contributed by atoms with van der Waals surface area (Å²) in [6.45, 7) is 5.09. The maximum atomic E-state index is 3.85. The van der Waals surface area contributed by atoms with Crippen LogP contribution in [0.5, 0.6) is 0 Å². The van der Waals surface area contributed by atoms with Crippen LogP contribution < -0.4 is 5.32 Å². The third-order valence-corrected chi connectivity index (χ3v) is 5.36. The van der Waals surface area contributed by atoms with Gasteiger partial charge in [-0.25, -0.2) is 0 Å². The zero-order chi connectivity index (χ0) is 12.4. The van der Waals surface area contributed by atoms with Crippen LogP contribution in [0.25, 0.3) is 0 Å². The highest BCUT2D eigenvalue weighted by atomic mass is 15.2. The lowest BCUT2D eigenvalue weighted by Crippen LogP contribution is -2.52. The van der Waals surface area contributed by atoms with Gasteiger partial charge in [0.25, 0.3) is 0 Å². The summed E-state index contributed by atoms with van der Waals surface area (Å²) in [4.78, 5) is 2.84. The van der Waals surface area contributed by atoms with Crippen molar-refractivity contribution < 1.29 is 0 Å². The standard InChI is InChI=1S/C16H30N2/c1-2-13-6-3-4-8-16(13)18-11-5-7-15(12-18)17-14-9-10-14/h13-17H,2-12H2,1H3. The van der Waals surface area contributed by atoms with Gasteiger partial charge in [-0.05, 0) is 51.0 Å². The molecule has 0 aromatic rings. The molecular weight excluding hydrogens is 220 g/mol. The molecule has 3 fully saturated rings.